The minimum atomic E-state index is -0.110. The minimum absolute atomic E-state index is 0.110. The van der Waals surface area contributed by atoms with Crippen molar-refractivity contribution in [2.24, 2.45) is 10.7 Å². The first-order chi connectivity index (χ1) is 9.38. The first kappa shape index (κ1) is 18.3. The van der Waals surface area contributed by atoms with Crippen molar-refractivity contribution in [1.29, 1.82) is 0 Å². The van der Waals surface area contributed by atoms with E-state index < -0.39 is 0 Å². The lowest BCUT2D eigenvalue weighted by molar-refractivity contribution is -0.113. The first-order valence-electron chi connectivity index (χ1n) is 6.16. The van der Waals surface area contributed by atoms with Gasteiger partial charge >= 0.3 is 0 Å². The van der Waals surface area contributed by atoms with Crippen LogP contribution in [0.25, 0.3) is 0 Å². The van der Waals surface area contributed by atoms with E-state index in [4.69, 9.17) is 5.73 Å². The number of halogens is 1. The third kappa shape index (κ3) is 5.53. The number of carbonyl (C=O) groups excluding carboxylic acids is 1. The fraction of sp³-hybridized carbons (Fsp3) is 0.250. The maximum Gasteiger partial charge on any atom is 0.161 e. The summed E-state index contributed by atoms with van der Waals surface area (Å²) in [7, 11) is 1.67. The van der Waals surface area contributed by atoms with Gasteiger partial charge in [0.2, 0.25) is 0 Å². The van der Waals surface area contributed by atoms with Gasteiger partial charge in [0.15, 0.2) is 5.78 Å². The highest BCUT2D eigenvalue weighted by atomic mass is 79.9. The molecule has 0 atom stereocenters. The van der Waals surface area contributed by atoms with Gasteiger partial charge < -0.3 is 5.73 Å². The maximum absolute atomic E-state index is 11.8. The quantitative estimate of drug-likeness (QED) is 0.455. The van der Waals surface area contributed by atoms with Crippen LogP contribution >= 0.6 is 15.9 Å². The molecule has 0 aliphatic rings. The standard InChI is InChI=1S/C16H21BrN2O/c1-6-8-13(9-7-2)15(19-5)10-14(12(4)20)16(18)11(3)17/h6-10H,1,18H2,2-5H3/b9-7-,13-8+,14-10+,16-11+,19-15?. The van der Waals surface area contributed by atoms with Gasteiger partial charge in [0, 0.05) is 17.1 Å². The van der Waals surface area contributed by atoms with E-state index in [9.17, 15) is 4.79 Å². The normalized spacial score (nSPS) is 15.3. The molecule has 0 heterocycles. The number of rotatable bonds is 6. The SMILES string of the molecule is C=C/C=C(\C=C/C)C(/C=C(C(C)=O)/C(N)=C(/C)Br)=NC. The summed E-state index contributed by atoms with van der Waals surface area (Å²) in [6.07, 6.45) is 9.00. The van der Waals surface area contributed by atoms with Crippen LogP contribution in [0.2, 0.25) is 0 Å². The molecular weight excluding hydrogens is 316 g/mol. The van der Waals surface area contributed by atoms with E-state index in [-0.39, 0.29) is 5.78 Å². The highest BCUT2D eigenvalue weighted by Crippen LogP contribution is 2.17. The molecule has 0 rings (SSSR count). The van der Waals surface area contributed by atoms with Crippen LogP contribution < -0.4 is 5.73 Å². The molecule has 0 fully saturated rings. The van der Waals surface area contributed by atoms with E-state index in [0.717, 1.165) is 10.1 Å². The highest BCUT2D eigenvalue weighted by molar-refractivity contribution is 9.11. The molecule has 0 unspecified atom stereocenters. The fourth-order valence-corrected chi connectivity index (χ4v) is 1.71. The second-order valence-corrected chi connectivity index (χ2v) is 5.22. The summed E-state index contributed by atoms with van der Waals surface area (Å²) in [5.41, 5.74) is 8.32. The van der Waals surface area contributed by atoms with Gasteiger partial charge in [-0.05, 0) is 32.4 Å². The van der Waals surface area contributed by atoms with Gasteiger partial charge in [0.1, 0.15) is 0 Å². The van der Waals surface area contributed by atoms with Gasteiger partial charge in [0.05, 0.1) is 11.4 Å². The van der Waals surface area contributed by atoms with Gasteiger partial charge in [-0.1, -0.05) is 46.8 Å². The van der Waals surface area contributed by atoms with Crippen molar-refractivity contribution in [3.05, 3.63) is 58.3 Å². The molecule has 0 amide bonds. The molecule has 0 aromatic carbocycles. The van der Waals surface area contributed by atoms with E-state index in [0.29, 0.717) is 17.0 Å². The minimum Gasteiger partial charge on any atom is -0.397 e. The first-order valence-corrected chi connectivity index (χ1v) is 6.95. The molecular formula is C16H21BrN2O. The average Bonchev–Trinajstić information content (AvgIpc) is 2.38. The van der Waals surface area contributed by atoms with Crippen molar-refractivity contribution >= 4 is 27.4 Å². The topological polar surface area (TPSA) is 55.5 Å². The molecule has 0 bridgehead atoms. The lowest BCUT2D eigenvalue weighted by Crippen LogP contribution is -2.12. The molecule has 0 aliphatic carbocycles. The van der Waals surface area contributed by atoms with Crippen molar-refractivity contribution in [3.8, 4) is 0 Å². The Morgan fingerprint density at radius 2 is 1.95 bits per heavy atom. The summed E-state index contributed by atoms with van der Waals surface area (Å²) in [4.78, 5) is 16.0. The van der Waals surface area contributed by atoms with Crippen molar-refractivity contribution in [1.82, 2.24) is 0 Å². The van der Waals surface area contributed by atoms with Gasteiger partial charge in [-0.25, -0.2) is 0 Å². The number of hydrogen-bond acceptors (Lipinski definition) is 3. The van der Waals surface area contributed by atoms with Crippen molar-refractivity contribution in [3.63, 3.8) is 0 Å². The second kappa shape index (κ2) is 9.26. The Morgan fingerprint density at radius 3 is 2.30 bits per heavy atom. The van der Waals surface area contributed by atoms with E-state index in [1.54, 1.807) is 26.1 Å². The molecule has 20 heavy (non-hydrogen) atoms. The lowest BCUT2D eigenvalue weighted by Gasteiger charge is -2.08. The number of aliphatic imine (C=N–C) groups is 1. The van der Waals surface area contributed by atoms with Crippen molar-refractivity contribution in [2.45, 2.75) is 20.8 Å². The lowest BCUT2D eigenvalue weighted by atomic mass is 10.0. The Kier molecular flexibility index (Phi) is 8.48. The number of allylic oxidation sites excluding steroid dienone is 8. The van der Waals surface area contributed by atoms with Crippen molar-refractivity contribution < 1.29 is 4.79 Å². The zero-order valence-electron chi connectivity index (χ0n) is 12.4. The molecule has 0 saturated heterocycles. The van der Waals surface area contributed by atoms with E-state index in [2.05, 4.69) is 27.5 Å². The molecule has 0 saturated carbocycles. The molecule has 4 heteroatoms. The van der Waals surface area contributed by atoms with Gasteiger partial charge in [-0.15, -0.1) is 0 Å². The number of ketones is 1. The van der Waals surface area contributed by atoms with Crippen LogP contribution in [0.4, 0.5) is 0 Å². The molecule has 0 aromatic rings. The Morgan fingerprint density at radius 1 is 1.35 bits per heavy atom. The summed E-state index contributed by atoms with van der Waals surface area (Å²) >= 11 is 3.30. The summed E-state index contributed by atoms with van der Waals surface area (Å²) in [5.74, 6) is -0.110. The summed E-state index contributed by atoms with van der Waals surface area (Å²) in [6, 6.07) is 0. The van der Waals surface area contributed by atoms with Gasteiger partial charge in [-0.3, -0.25) is 9.79 Å². The average molecular weight is 337 g/mol. The largest absolute Gasteiger partial charge is 0.397 e. The number of nitrogens with zero attached hydrogens (tertiary/aromatic N) is 1. The van der Waals surface area contributed by atoms with Crippen LogP contribution in [-0.4, -0.2) is 18.5 Å². The van der Waals surface area contributed by atoms with Crippen LogP contribution in [0, 0.1) is 0 Å². The fourth-order valence-electron chi connectivity index (χ4n) is 1.50. The van der Waals surface area contributed by atoms with Crippen LogP contribution in [0.1, 0.15) is 20.8 Å². The van der Waals surface area contributed by atoms with Crippen molar-refractivity contribution in [2.75, 3.05) is 7.05 Å². The highest BCUT2D eigenvalue weighted by Gasteiger charge is 2.11. The Labute approximate surface area is 129 Å². The third-order valence-corrected chi connectivity index (χ3v) is 2.93. The summed E-state index contributed by atoms with van der Waals surface area (Å²) in [6.45, 7) is 8.87. The maximum atomic E-state index is 11.8. The molecule has 3 nitrogen and oxygen atoms in total. The number of nitrogens with two attached hydrogens (primary N) is 1. The molecule has 2 N–H and O–H groups in total. The predicted molar refractivity (Wildman–Crippen MR) is 91.0 cm³/mol. The van der Waals surface area contributed by atoms with E-state index in [1.165, 1.54) is 6.92 Å². The Hall–Kier alpha value is -1.68. The van der Waals surface area contributed by atoms with E-state index >= 15 is 0 Å². The van der Waals surface area contributed by atoms with Crippen LogP contribution in [0.5, 0.6) is 0 Å². The monoisotopic (exact) mass is 336 g/mol. The molecule has 108 valence electrons. The smallest absolute Gasteiger partial charge is 0.161 e. The summed E-state index contributed by atoms with van der Waals surface area (Å²) in [5, 5.41) is 0. The van der Waals surface area contributed by atoms with Gasteiger partial charge in [0.25, 0.3) is 0 Å². The molecule has 0 spiro atoms. The van der Waals surface area contributed by atoms with Crippen LogP contribution in [-0.2, 0) is 4.79 Å². The number of Topliss-reactive ketones (excluding diaryl/α,β-unsaturated/α-hetero) is 1. The second-order valence-electron chi connectivity index (χ2n) is 4.03. The predicted octanol–water partition coefficient (Wildman–Crippen LogP) is 3.85. The van der Waals surface area contributed by atoms with Crippen LogP contribution in [0.15, 0.2) is 63.3 Å². The molecule has 0 radical (unpaired) electrons. The third-order valence-electron chi connectivity index (χ3n) is 2.50. The van der Waals surface area contributed by atoms with Crippen LogP contribution in [0.3, 0.4) is 0 Å². The number of carbonyl (C=O) groups is 1. The Balaban J connectivity index is 5.96. The molecule has 0 aromatic heterocycles. The van der Waals surface area contributed by atoms with Gasteiger partial charge in [-0.2, -0.15) is 0 Å². The zero-order valence-corrected chi connectivity index (χ0v) is 14.0. The van der Waals surface area contributed by atoms with E-state index in [1.807, 2.05) is 25.2 Å². The number of hydrogen-bond donors (Lipinski definition) is 1. The zero-order chi connectivity index (χ0) is 15.7. The Bertz CT molecular complexity index is 531. The summed E-state index contributed by atoms with van der Waals surface area (Å²) < 4.78 is 0.717. The molecule has 0 aliphatic heterocycles.